The van der Waals surface area contributed by atoms with Crippen molar-refractivity contribution in [1.82, 2.24) is 4.90 Å². The summed E-state index contributed by atoms with van der Waals surface area (Å²) in [4.78, 5) is 21.9. The lowest BCUT2D eigenvalue weighted by Gasteiger charge is -2.43. The molecule has 0 aliphatic carbocycles. The molecule has 1 amide bonds. The Balaban J connectivity index is 2.93. The topological polar surface area (TPSA) is 54.3 Å². The first-order chi connectivity index (χ1) is 10.5. The maximum atomic E-state index is 12.0. The highest BCUT2D eigenvalue weighted by atomic mass is 35.5. The van der Waals surface area contributed by atoms with Gasteiger partial charge in [-0.15, -0.1) is 0 Å². The number of ether oxygens (including phenoxy) is 1. The van der Waals surface area contributed by atoms with E-state index >= 15 is 0 Å². The number of piperidine rings is 1. The second kappa shape index (κ2) is 9.16. The van der Waals surface area contributed by atoms with Crippen molar-refractivity contribution in [3.8, 4) is 0 Å². The Hall–Kier alpha value is -1.07. The van der Waals surface area contributed by atoms with Gasteiger partial charge in [0.2, 0.25) is 0 Å². The third-order valence-electron chi connectivity index (χ3n) is 3.90. The van der Waals surface area contributed by atoms with Crippen molar-refractivity contribution in [2.24, 2.45) is 9.98 Å². The molecule has 1 fully saturated rings. The number of aliphatic imine (C=N–C) groups is 2. The molecule has 0 bridgehead atoms. The summed E-state index contributed by atoms with van der Waals surface area (Å²) < 4.78 is 4.92. The molecule has 22 heavy (non-hydrogen) atoms. The van der Waals surface area contributed by atoms with Crippen molar-refractivity contribution in [3.05, 3.63) is 11.2 Å². The summed E-state index contributed by atoms with van der Waals surface area (Å²) >= 11 is 11.9. The SMILES string of the molecule is C=N/C(Cl)=C\C(Cl)=NC1CC(CC)N(C(=O)OC)C(CC)C1. The molecule has 7 heteroatoms. The van der Waals surface area contributed by atoms with E-state index in [9.17, 15) is 4.79 Å². The molecule has 1 saturated heterocycles. The first kappa shape index (κ1) is 19.0. The molecule has 0 aromatic heterocycles. The van der Waals surface area contributed by atoms with Crippen molar-refractivity contribution < 1.29 is 9.53 Å². The lowest BCUT2D eigenvalue weighted by atomic mass is 9.89. The molecule has 1 rings (SSSR count). The van der Waals surface area contributed by atoms with E-state index in [1.807, 2.05) is 4.90 Å². The van der Waals surface area contributed by atoms with Crippen LogP contribution in [0.4, 0.5) is 4.79 Å². The van der Waals surface area contributed by atoms with Crippen LogP contribution in [0.25, 0.3) is 0 Å². The van der Waals surface area contributed by atoms with Crippen LogP contribution in [0.5, 0.6) is 0 Å². The Morgan fingerprint density at radius 1 is 1.32 bits per heavy atom. The van der Waals surface area contributed by atoms with E-state index < -0.39 is 0 Å². The second-order valence-electron chi connectivity index (χ2n) is 5.20. The maximum Gasteiger partial charge on any atom is 0.409 e. The smallest absolute Gasteiger partial charge is 0.409 e. The van der Waals surface area contributed by atoms with Gasteiger partial charge in [-0.2, -0.15) is 0 Å². The first-order valence-electron chi connectivity index (χ1n) is 7.40. The number of carbonyl (C=O) groups excluding carboxylic acids is 1. The summed E-state index contributed by atoms with van der Waals surface area (Å²) in [5.74, 6) is 0. The fourth-order valence-electron chi connectivity index (χ4n) is 2.84. The highest BCUT2D eigenvalue weighted by Gasteiger charge is 2.37. The predicted molar refractivity (Wildman–Crippen MR) is 92.2 cm³/mol. The molecule has 0 spiro atoms. The molecule has 0 radical (unpaired) electrons. The van der Waals surface area contributed by atoms with Gasteiger partial charge in [0, 0.05) is 18.2 Å². The molecule has 1 aliphatic heterocycles. The number of hydrogen-bond acceptors (Lipinski definition) is 4. The zero-order chi connectivity index (χ0) is 16.7. The number of nitrogens with zero attached hydrogens (tertiary/aromatic N) is 3. The number of amides is 1. The summed E-state index contributed by atoms with van der Waals surface area (Å²) in [5, 5.41) is 0.512. The van der Waals surface area contributed by atoms with Crippen LogP contribution in [0.15, 0.2) is 21.2 Å². The van der Waals surface area contributed by atoms with Gasteiger partial charge in [-0.25, -0.2) is 4.79 Å². The normalized spacial score (nSPS) is 26.8. The molecule has 2 unspecified atom stereocenters. The second-order valence-corrected chi connectivity index (χ2v) is 5.98. The van der Waals surface area contributed by atoms with Gasteiger partial charge >= 0.3 is 6.09 Å². The minimum absolute atomic E-state index is 0.0499. The Morgan fingerprint density at radius 2 is 1.86 bits per heavy atom. The Bertz CT molecular complexity index is 452. The minimum atomic E-state index is -0.272. The van der Waals surface area contributed by atoms with Crippen LogP contribution in [0.3, 0.4) is 0 Å². The van der Waals surface area contributed by atoms with Crippen LogP contribution in [0, 0.1) is 0 Å². The third kappa shape index (κ3) is 4.99. The number of methoxy groups -OCH3 is 1. The number of rotatable bonds is 5. The summed E-state index contributed by atoms with van der Waals surface area (Å²) in [5.41, 5.74) is 0. The molecular formula is C15H23Cl2N3O2. The Morgan fingerprint density at radius 3 is 2.27 bits per heavy atom. The predicted octanol–water partition coefficient (Wildman–Crippen LogP) is 4.19. The van der Waals surface area contributed by atoms with Gasteiger partial charge in [0.05, 0.1) is 13.2 Å². The highest BCUT2D eigenvalue weighted by molar-refractivity contribution is 6.69. The molecule has 1 heterocycles. The van der Waals surface area contributed by atoms with E-state index in [-0.39, 0.29) is 29.4 Å². The number of likely N-dealkylation sites (tertiary alicyclic amines) is 1. The Labute approximate surface area is 142 Å². The van der Waals surface area contributed by atoms with Crippen molar-refractivity contribution in [1.29, 1.82) is 0 Å². The summed E-state index contributed by atoms with van der Waals surface area (Å²) in [7, 11) is 1.41. The summed E-state index contributed by atoms with van der Waals surface area (Å²) in [6, 6.07) is 0.247. The molecule has 124 valence electrons. The molecule has 2 atom stereocenters. The van der Waals surface area contributed by atoms with Crippen molar-refractivity contribution in [3.63, 3.8) is 0 Å². The van der Waals surface area contributed by atoms with Gasteiger partial charge in [-0.05, 0) is 32.4 Å². The molecule has 1 aliphatic rings. The van der Waals surface area contributed by atoms with Crippen LogP contribution < -0.4 is 0 Å². The summed E-state index contributed by atoms with van der Waals surface area (Å²) in [6.45, 7) is 7.44. The van der Waals surface area contributed by atoms with Gasteiger partial charge in [0.15, 0.2) is 0 Å². The highest BCUT2D eigenvalue weighted by Crippen LogP contribution is 2.30. The zero-order valence-electron chi connectivity index (χ0n) is 13.3. The van der Waals surface area contributed by atoms with E-state index in [0.29, 0.717) is 5.17 Å². The molecule has 0 N–H and O–H groups in total. The monoisotopic (exact) mass is 347 g/mol. The van der Waals surface area contributed by atoms with Gasteiger partial charge in [-0.3, -0.25) is 9.98 Å². The zero-order valence-corrected chi connectivity index (χ0v) is 14.8. The van der Waals surface area contributed by atoms with E-state index in [2.05, 4.69) is 30.5 Å². The maximum absolute atomic E-state index is 12.0. The third-order valence-corrected chi connectivity index (χ3v) is 4.33. The lowest BCUT2D eigenvalue weighted by molar-refractivity contribution is 0.0502. The standard InChI is InChI=1S/C15H23Cl2N3O2/c1-5-11-7-10(19-14(17)9-13(16)18-3)8-12(6-2)20(11)15(21)22-4/h9-12H,3,5-8H2,1-2,4H3/b13-9-,19-14?. The van der Waals surface area contributed by atoms with Crippen molar-refractivity contribution in [2.45, 2.75) is 57.7 Å². The molecule has 0 saturated carbocycles. The quantitative estimate of drug-likeness (QED) is 0.552. The Kier molecular flexibility index (Phi) is 7.90. The minimum Gasteiger partial charge on any atom is -0.453 e. The van der Waals surface area contributed by atoms with E-state index in [0.717, 1.165) is 25.7 Å². The molecular weight excluding hydrogens is 325 g/mol. The molecule has 0 aromatic carbocycles. The average molecular weight is 348 g/mol. The van der Waals surface area contributed by atoms with Crippen LogP contribution in [-0.2, 0) is 4.74 Å². The fraction of sp³-hybridized carbons (Fsp3) is 0.667. The van der Waals surface area contributed by atoms with Gasteiger partial charge in [0.1, 0.15) is 10.3 Å². The van der Waals surface area contributed by atoms with E-state index in [4.69, 9.17) is 27.9 Å². The number of halogens is 2. The molecule has 5 nitrogen and oxygen atoms in total. The van der Waals surface area contributed by atoms with Gasteiger partial charge in [0.25, 0.3) is 0 Å². The van der Waals surface area contributed by atoms with Crippen molar-refractivity contribution in [2.75, 3.05) is 7.11 Å². The van der Waals surface area contributed by atoms with Crippen LogP contribution in [0.1, 0.15) is 39.5 Å². The van der Waals surface area contributed by atoms with E-state index in [1.165, 1.54) is 13.2 Å². The lowest BCUT2D eigenvalue weighted by Crippen LogP contribution is -2.52. The number of allylic oxidation sites excluding steroid dienone is 1. The average Bonchev–Trinajstić information content (AvgIpc) is 2.52. The number of carbonyl (C=O) groups is 1. The van der Waals surface area contributed by atoms with Crippen LogP contribution >= 0.6 is 23.2 Å². The first-order valence-corrected chi connectivity index (χ1v) is 8.15. The van der Waals surface area contributed by atoms with Crippen molar-refractivity contribution >= 4 is 41.2 Å². The van der Waals surface area contributed by atoms with Crippen LogP contribution in [0.2, 0.25) is 0 Å². The molecule has 0 aromatic rings. The van der Waals surface area contributed by atoms with Crippen LogP contribution in [-0.4, -0.2) is 48.1 Å². The fourth-order valence-corrected chi connectivity index (χ4v) is 3.24. The largest absolute Gasteiger partial charge is 0.453 e. The number of hydrogen-bond donors (Lipinski definition) is 0. The van der Waals surface area contributed by atoms with Gasteiger partial charge < -0.3 is 9.64 Å². The van der Waals surface area contributed by atoms with E-state index in [1.54, 1.807) is 0 Å². The van der Waals surface area contributed by atoms with Gasteiger partial charge in [-0.1, -0.05) is 37.0 Å². The summed E-state index contributed by atoms with van der Waals surface area (Å²) in [6.07, 6.45) is 4.41.